The van der Waals surface area contributed by atoms with E-state index in [0.29, 0.717) is 5.56 Å². The SMILES string of the molecule is CCCC/C(C)=N/NC(=O)c1ccccc1Br. The molecule has 1 N–H and O–H groups in total. The molecule has 1 aromatic carbocycles. The summed E-state index contributed by atoms with van der Waals surface area (Å²) in [5.74, 6) is -0.187. The lowest BCUT2D eigenvalue weighted by molar-refractivity contribution is 0.0954. The van der Waals surface area contributed by atoms with Gasteiger partial charge in [-0.3, -0.25) is 4.79 Å². The predicted octanol–water partition coefficient (Wildman–Crippen LogP) is 3.75. The molecule has 0 atom stereocenters. The number of hydrogen-bond acceptors (Lipinski definition) is 2. The van der Waals surface area contributed by atoms with Crippen molar-refractivity contribution in [2.75, 3.05) is 0 Å². The van der Waals surface area contributed by atoms with E-state index in [2.05, 4.69) is 33.4 Å². The molecule has 1 aromatic rings. The highest BCUT2D eigenvalue weighted by Crippen LogP contribution is 2.15. The number of benzene rings is 1. The molecule has 0 aliphatic carbocycles. The second kappa shape index (κ2) is 7.22. The van der Waals surface area contributed by atoms with Gasteiger partial charge in [-0.25, -0.2) is 5.43 Å². The summed E-state index contributed by atoms with van der Waals surface area (Å²) in [4.78, 5) is 11.8. The van der Waals surface area contributed by atoms with Crippen molar-refractivity contribution in [1.82, 2.24) is 5.43 Å². The maximum atomic E-state index is 11.8. The number of halogens is 1. The lowest BCUT2D eigenvalue weighted by Gasteiger charge is -2.03. The van der Waals surface area contributed by atoms with Crippen molar-refractivity contribution in [1.29, 1.82) is 0 Å². The van der Waals surface area contributed by atoms with Crippen LogP contribution in [0.1, 0.15) is 43.5 Å². The van der Waals surface area contributed by atoms with Crippen molar-refractivity contribution in [3.05, 3.63) is 34.3 Å². The second-order valence-corrected chi connectivity index (χ2v) is 4.73. The molecule has 0 aromatic heterocycles. The fraction of sp³-hybridized carbons (Fsp3) is 0.385. The fourth-order valence-corrected chi connectivity index (χ4v) is 1.81. The van der Waals surface area contributed by atoms with Crippen molar-refractivity contribution in [2.45, 2.75) is 33.1 Å². The molecule has 0 bridgehead atoms. The largest absolute Gasteiger partial charge is 0.272 e. The summed E-state index contributed by atoms with van der Waals surface area (Å²) in [6, 6.07) is 7.29. The quantitative estimate of drug-likeness (QED) is 0.652. The number of nitrogens with one attached hydrogen (secondary N) is 1. The number of carbonyl (C=O) groups excluding carboxylic acids is 1. The van der Waals surface area contributed by atoms with E-state index in [1.807, 2.05) is 25.1 Å². The summed E-state index contributed by atoms with van der Waals surface area (Å²) >= 11 is 3.34. The van der Waals surface area contributed by atoms with Crippen LogP contribution in [-0.4, -0.2) is 11.6 Å². The van der Waals surface area contributed by atoms with E-state index in [0.717, 1.165) is 29.4 Å². The molecule has 1 rings (SSSR count). The third kappa shape index (κ3) is 4.69. The van der Waals surface area contributed by atoms with Crippen LogP contribution in [0.3, 0.4) is 0 Å². The third-order valence-corrected chi connectivity index (χ3v) is 3.05. The van der Waals surface area contributed by atoms with Crippen LogP contribution in [-0.2, 0) is 0 Å². The highest BCUT2D eigenvalue weighted by atomic mass is 79.9. The number of carbonyl (C=O) groups is 1. The molecule has 1 amide bonds. The number of nitrogens with zero attached hydrogens (tertiary/aromatic N) is 1. The molecule has 0 radical (unpaired) electrons. The van der Waals surface area contributed by atoms with Gasteiger partial charge >= 0.3 is 0 Å². The van der Waals surface area contributed by atoms with Gasteiger partial charge in [-0.15, -0.1) is 0 Å². The third-order valence-electron chi connectivity index (χ3n) is 2.36. The molecule has 0 heterocycles. The van der Waals surface area contributed by atoms with Crippen LogP contribution >= 0.6 is 15.9 Å². The van der Waals surface area contributed by atoms with Gasteiger partial charge in [0.2, 0.25) is 0 Å². The van der Waals surface area contributed by atoms with Crippen molar-refractivity contribution < 1.29 is 4.79 Å². The Morgan fingerprint density at radius 2 is 2.12 bits per heavy atom. The Bertz CT molecular complexity index is 416. The van der Waals surface area contributed by atoms with Crippen LogP contribution in [0.4, 0.5) is 0 Å². The standard InChI is InChI=1S/C13H17BrN2O/c1-3-4-7-10(2)15-16-13(17)11-8-5-6-9-12(11)14/h5-6,8-9H,3-4,7H2,1-2H3,(H,16,17)/b15-10+. The molecule has 4 heteroatoms. The molecule has 92 valence electrons. The van der Waals surface area contributed by atoms with E-state index >= 15 is 0 Å². The average molecular weight is 297 g/mol. The van der Waals surface area contributed by atoms with Crippen LogP contribution in [0.2, 0.25) is 0 Å². The lowest BCUT2D eigenvalue weighted by atomic mass is 10.2. The van der Waals surface area contributed by atoms with Gasteiger partial charge in [-0.1, -0.05) is 25.5 Å². The summed E-state index contributed by atoms with van der Waals surface area (Å²) in [5.41, 5.74) is 4.12. The van der Waals surface area contributed by atoms with Crippen LogP contribution in [0, 0.1) is 0 Å². The molecule has 0 aliphatic rings. The first kappa shape index (κ1) is 13.9. The Kier molecular flexibility index (Phi) is 5.91. The van der Waals surface area contributed by atoms with E-state index in [1.54, 1.807) is 6.07 Å². The van der Waals surface area contributed by atoms with Gasteiger partial charge in [0.05, 0.1) is 5.56 Å². The van der Waals surface area contributed by atoms with Gasteiger partial charge in [0.25, 0.3) is 5.91 Å². The summed E-state index contributed by atoms with van der Waals surface area (Å²) < 4.78 is 0.777. The van der Waals surface area contributed by atoms with Crippen LogP contribution in [0.15, 0.2) is 33.8 Å². The van der Waals surface area contributed by atoms with E-state index in [9.17, 15) is 4.79 Å². The van der Waals surface area contributed by atoms with Crippen molar-refractivity contribution >= 4 is 27.5 Å². The summed E-state index contributed by atoms with van der Waals surface area (Å²) in [6.45, 7) is 4.06. The molecule has 0 saturated carbocycles. The number of hydrogen-bond donors (Lipinski definition) is 1. The Morgan fingerprint density at radius 1 is 1.41 bits per heavy atom. The Morgan fingerprint density at radius 3 is 2.76 bits per heavy atom. The van der Waals surface area contributed by atoms with Crippen molar-refractivity contribution in [2.24, 2.45) is 5.10 Å². The molecular formula is C13H17BrN2O. The summed E-state index contributed by atoms with van der Waals surface area (Å²) in [5, 5.41) is 4.08. The predicted molar refractivity (Wildman–Crippen MR) is 74.2 cm³/mol. The topological polar surface area (TPSA) is 41.5 Å². The van der Waals surface area contributed by atoms with Gasteiger partial charge in [0, 0.05) is 10.2 Å². The number of hydrazone groups is 1. The molecule has 0 spiro atoms. The zero-order chi connectivity index (χ0) is 12.7. The monoisotopic (exact) mass is 296 g/mol. The first-order valence-corrected chi connectivity index (χ1v) is 6.52. The normalized spacial score (nSPS) is 11.4. The minimum atomic E-state index is -0.187. The highest BCUT2D eigenvalue weighted by molar-refractivity contribution is 9.10. The summed E-state index contributed by atoms with van der Waals surface area (Å²) in [7, 11) is 0. The molecule has 0 aliphatic heterocycles. The van der Waals surface area contributed by atoms with E-state index in [-0.39, 0.29) is 5.91 Å². The average Bonchev–Trinajstić information content (AvgIpc) is 2.34. The van der Waals surface area contributed by atoms with Gasteiger partial charge in [0.15, 0.2) is 0 Å². The smallest absolute Gasteiger partial charge is 0.267 e. The second-order valence-electron chi connectivity index (χ2n) is 3.87. The maximum Gasteiger partial charge on any atom is 0.272 e. The molecule has 0 fully saturated rings. The van der Waals surface area contributed by atoms with Gasteiger partial charge in [-0.05, 0) is 47.8 Å². The first-order valence-electron chi connectivity index (χ1n) is 5.73. The Balaban J connectivity index is 2.58. The Hall–Kier alpha value is -1.16. The van der Waals surface area contributed by atoms with Gasteiger partial charge in [-0.2, -0.15) is 5.10 Å². The van der Waals surface area contributed by atoms with Gasteiger partial charge < -0.3 is 0 Å². The van der Waals surface area contributed by atoms with Crippen LogP contribution in [0.5, 0.6) is 0 Å². The maximum absolute atomic E-state index is 11.8. The lowest BCUT2D eigenvalue weighted by Crippen LogP contribution is -2.19. The zero-order valence-electron chi connectivity index (χ0n) is 10.2. The highest BCUT2D eigenvalue weighted by Gasteiger charge is 2.07. The minimum absolute atomic E-state index is 0.187. The first-order chi connectivity index (χ1) is 8.15. The zero-order valence-corrected chi connectivity index (χ0v) is 11.8. The number of amides is 1. The van der Waals surface area contributed by atoms with E-state index in [4.69, 9.17) is 0 Å². The van der Waals surface area contributed by atoms with Crippen molar-refractivity contribution in [3.63, 3.8) is 0 Å². The molecule has 0 saturated heterocycles. The fourth-order valence-electron chi connectivity index (χ4n) is 1.34. The molecule has 17 heavy (non-hydrogen) atoms. The number of unbranched alkanes of at least 4 members (excludes halogenated alkanes) is 1. The molecular weight excluding hydrogens is 280 g/mol. The number of rotatable bonds is 5. The van der Waals surface area contributed by atoms with Crippen molar-refractivity contribution in [3.8, 4) is 0 Å². The Labute approximate surface area is 110 Å². The molecule has 0 unspecified atom stereocenters. The summed E-state index contributed by atoms with van der Waals surface area (Å²) in [6.07, 6.45) is 3.15. The van der Waals surface area contributed by atoms with Gasteiger partial charge in [0.1, 0.15) is 0 Å². The molecule has 3 nitrogen and oxygen atoms in total. The van der Waals surface area contributed by atoms with Crippen LogP contribution in [0.25, 0.3) is 0 Å². The van der Waals surface area contributed by atoms with E-state index in [1.165, 1.54) is 0 Å². The minimum Gasteiger partial charge on any atom is -0.267 e. The van der Waals surface area contributed by atoms with Crippen LogP contribution < -0.4 is 5.43 Å². The van der Waals surface area contributed by atoms with E-state index < -0.39 is 0 Å².